The van der Waals surface area contributed by atoms with E-state index in [1.54, 1.807) is 6.21 Å². The molecule has 0 bridgehead atoms. The molecule has 0 N–H and O–H groups in total. The van der Waals surface area contributed by atoms with Crippen molar-refractivity contribution in [3.63, 3.8) is 0 Å². The molecule has 0 radical (unpaired) electrons. The van der Waals surface area contributed by atoms with E-state index >= 15 is 0 Å². The zero-order chi connectivity index (χ0) is 16.1. The van der Waals surface area contributed by atoms with E-state index in [0.717, 1.165) is 5.56 Å². The molecule has 0 spiro atoms. The fourth-order valence-electron chi connectivity index (χ4n) is 2.57. The van der Waals surface area contributed by atoms with Gasteiger partial charge < -0.3 is 9.47 Å². The second kappa shape index (κ2) is 6.98. The summed E-state index contributed by atoms with van der Waals surface area (Å²) in [5.74, 6) is -2.39. The van der Waals surface area contributed by atoms with Gasteiger partial charge in [-0.05, 0) is 11.5 Å². The number of methoxy groups -OCH3 is 2. The van der Waals surface area contributed by atoms with Gasteiger partial charge in [-0.2, -0.15) is 5.10 Å². The maximum absolute atomic E-state index is 12.2. The number of carbonyl (C=O) groups is 2. The fraction of sp³-hybridized carbons (Fsp3) is 0.375. The SMILES string of the molecule is COC(=O)C1=NN=CC(C(C)c2ccccc2)C1C(=O)OC. The molecule has 0 aliphatic carbocycles. The van der Waals surface area contributed by atoms with Crippen molar-refractivity contribution in [3.05, 3.63) is 35.9 Å². The topological polar surface area (TPSA) is 77.3 Å². The first-order chi connectivity index (χ1) is 10.6. The van der Waals surface area contributed by atoms with Gasteiger partial charge in [-0.1, -0.05) is 37.3 Å². The third kappa shape index (κ3) is 3.05. The normalized spacial score (nSPS) is 21.7. The number of rotatable bonds is 4. The Balaban J connectivity index is 2.37. The molecule has 6 heteroatoms. The molecule has 1 aromatic rings. The van der Waals surface area contributed by atoms with Gasteiger partial charge >= 0.3 is 11.9 Å². The van der Waals surface area contributed by atoms with Gasteiger partial charge in [0, 0.05) is 12.1 Å². The van der Waals surface area contributed by atoms with Gasteiger partial charge in [0.15, 0.2) is 5.71 Å². The molecule has 1 heterocycles. The van der Waals surface area contributed by atoms with E-state index in [9.17, 15) is 9.59 Å². The van der Waals surface area contributed by atoms with E-state index in [2.05, 4.69) is 10.2 Å². The minimum Gasteiger partial charge on any atom is -0.468 e. The van der Waals surface area contributed by atoms with Gasteiger partial charge in [-0.3, -0.25) is 4.79 Å². The first-order valence-electron chi connectivity index (χ1n) is 6.92. The largest absolute Gasteiger partial charge is 0.468 e. The zero-order valence-corrected chi connectivity index (χ0v) is 12.7. The van der Waals surface area contributed by atoms with Gasteiger partial charge in [-0.25, -0.2) is 4.79 Å². The van der Waals surface area contributed by atoms with Gasteiger partial charge in [0.2, 0.25) is 0 Å². The predicted octanol–water partition coefficient (Wildman–Crippen LogP) is 1.81. The van der Waals surface area contributed by atoms with Crippen molar-refractivity contribution in [2.24, 2.45) is 22.0 Å². The summed E-state index contributed by atoms with van der Waals surface area (Å²) in [6.07, 6.45) is 1.59. The number of nitrogens with zero attached hydrogens (tertiary/aromatic N) is 2. The summed E-state index contributed by atoms with van der Waals surface area (Å²) in [4.78, 5) is 24.0. The number of esters is 2. The van der Waals surface area contributed by atoms with Crippen LogP contribution in [0, 0.1) is 11.8 Å². The molecule has 3 unspecified atom stereocenters. The molecule has 0 saturated carbocycles. The highest BCUT2D eigenvalue weighted by Crippen LogP contribution is 2.32. The van der Waals surface area contributed by atoms with Crippen molar-refractivity contribution in [2.45, 2.75) is 12.8 Å². The number of hydrogen-bond acceptors (Lipinski definition) is 6. The first kappa shape index (κ1) is 15.9. The van der Waals surface area contributed by atoms with Crippen LogP contribution in [0.25, 0.3) is 0 Å². The number of ether oxygens (including phenoxy) is 2. The number of benzene rings is 1. The first-order valence-corrected chi connectivity index (χ1v) is 6.92. The third-order valence-electron chi connectivity index (χ3n) is 3.84. The Bertz CT molecular complexity index is 610. The molecule has 22 heavy (non-hydrogen) atoms. The third-order valence-corrected chi connectivity index (χ3v) is 3.84. The molecule has 2 rings (SSSR count). The minimum absolute atomic E-state index is 0.0235. The van der Waals surface area contributed by atoms with Crippen LogP contribution in [0.3, 0.4) is 0 Å². The Morgan fingerprint density at radius 2 is 1.82 bits per heavy atom. The Labute approximate surface area is 128 Å². The molecular formula is C16H18N2O4. The summed E-state index contributed by atoms with van der Waals surface area (Å²) in [5, 5.41) is 7.66. The molecule has 3 atom stereocenters. The van der Waals surface area contributed by atoms with Crippen LogP contribution in [0.1, 0.15) is 18.4 Å². The van der Waals surface area contributed by atoms with E-state index in [1.165, 1.54) is 14.2 Å². The standard InChI is InChI=1S/C16H18N2O4/c1-10(11-7-5-4-6-8-11)12-9-17-18-14(16(20)22-3)13(12)15(19)21-2/h4-10,12-13H,1-3H3. The second-order valence-electron chi connectivity index (χ2n) is 5.02. The molecule has 1 aliphatic heterocycles. The lowest BCUT2D eigenvalue weighted by Gasteiger charge is -2.29. The van der Waals surface area contributed by atoms with Crippen molar-refractivity contribution >= 4 is 23.9 Å². The predicted molar refractivity (Wildman–Crippen MR) is 81.8 cm³/mol. The van der Waals surface area contributed by atoms with Crippen molar-refractivity contribution in [3.8, 4) is 0 Å². The van der Waals surface area contributed by atoms with Crippen LogP contribution in [-0.2, 0) is 19.1 Å². The maximum Gasteiger partial charge on any atom is 0.355 e. The summed E-state index contributed by atoms with van der Waals surface area (Å²) >= 11 is 0. The number of carbonyl (C=O) groups excluding carboxylic acids is 2. The maximum atomic E-state index is 12.2. The van der Waals surface area contributed by atoms with Crippen LogP contribution >= 0.6 is 0 Å². The lowest BCUT2D eigenvalue weighted by atomic mass is 9.77. The molecule has 0 fully saturated rings. The Morgan fingerprint density at radius 1 is 1.14 bits per heavy atom. The van der Waals surface area contributed by atoms with Crippen molar-refractivity contribution in [2.75, 3.05) is 14.2 Å². The van der Waals surface area contributed by atoms with Crippen molar-refractivity contribution in [1.82, 2.24) is 0 Å². The Hall–Kier alpha value is -2.50. The molecule has 0 amide bonds. The monoisotopic (exact) mass is 302 g/mol. The summed E-state index contributed by atoms with van der Waals surface area (Å²) in [6, 6.07) is 9.71. The summed E-state index contributed by atoms with van der Waals surface area (Å²) in [6.45, 7) is 1.97. The van der Waals surface area contributed by atoms with Crippen LogP contribution in [0.15, 0.2) is 40.5 Å². The van der Waals surface area contributed by atoms with Crippen LogP contribution < -0.4 is 0 Å². The van der Waals surface area contributed by atoms with Crippen molar-refractivity contribution in [1.29, 1.82) is 0 Å². The van der Waals surface area contributed by atoms with Gasteiger partial charge in [0.05, 0.1) is 14.2 Å². The quantitative estimate of drug-likeness (QED) is 0.795. The average Bonchev–Trinajstić information content (AvgIpc) is 2.59. The van der Waals surface area contributed by atoms with Crippen LogP contribution in [0.5, 0.6) is 0 Å². The highest BCUT2D eigenvalue weighted by Gasteiger charge is 2.42. The van der Waals surface area contributed by atoms with Crippen LogP contribution in [0.2, 0.25) is 0 Å². The van der Waals surface area contributed by atoms with Gasteiger partial charge in [-0.15, -0.1) is 5.10 Å². The lowest BCUT2D eigenvalue weighted by Crippen LogP contribution is -2.41. The molecule has 116 valence electrons. The molecule has 1 aromatic carbocycles. The van der Waals surface area contributed by atoms with Crippen molar-refractivity contribution < 1.29 is 19.1 Å². The average molecular weight is 302 g/mol. The van der Waals surface area contributed by atoms with Crippen LogP contribution in [-0.4, -0.2) is 38.1 Å². The van der Waals surface area contributed by atoms with E-state index in [-0.39, 0.29) is 17.5 Å². The molecular weight excluding hydrogens is 284 g/mol. The Morgan fingerprint density at radius 3 is 2.41 bits per heavy atom. The summed E-state index contributed by atoms with van der Waals surface area (Å²) in [7, 11) is 2.53. The van der Waals surface area contributed by atoms with Gasteiger partial charge in [0.25, 0.3) is 0 Å². The smallest absolute Gasteiger partial charge is 0.355 e. The van der Waals surface area contributed by atoms with E-state index in [4.69, 9.17) is 9.47 Å². The highest BCUT2D eigenvalue weighted by molar-refractivity contribution is 6.41. The molecule has 0 saturated heterocycles. The van der Waals surface area contributed by atoms with E-state index < -0.39 is 17.9 Å². The van der Waals surface area contributed by atoms with Crippen LogP contribution in [0.4, 0.5) is 0 Å². The van der Waals surface area contributed by atoms with E-state index in [0.29, 0.717) is 0 Å². The second-order valence-corrected chi connectivity index (χ2v) is 5.02. The molecule has 0 aromatic heterocycles. The lowest BCUT2D eigenvalue weighted by molar-refractivity contribution is -0.145. The van der Waals surface area contributed by atoms with Gasteiger partial charge in [0.1, 0.15) is 5.92 Å². The summed E-state index contributed by atoms with van der Waals surface area (Å²) in [5.41, 5.74) is 1.02. The molecule has 6 nitrogen and oxygen atoms in total. The number of hydrogen-bond donors (Lipinski definition) is 0. The highest BCUT2D eigenvalue weighted by atomic mass is 16.5. The zero-order valence-electron chi connectivity index (χ0n) is 12.7. The Kier molecular flexibility index (Phi) is 5.04. The summed E-state index contributed by atoms with van der Waals surface area (Å²) < 4.78 is 9.54. The fourth-order valence-corrected chi connectivity index (χ4v) is 2.57. The molecule has 1 aliphatic rings. The minimum atomic E-state index is -0.829. The van der Waals surface area contributed by atoms with E-state index in [1.807, 2.05) is 37.3 Å².